The number of nitrogens with zero attached hydrogens (tertiary/aromatic N) is 1. The predicted molar refractivity (Wildman–Crippen MR) is 63.3 cm³/mol. The number of unbranched alkanes of at least 4 members (excludes halogenated alkanes) is 1. The number of hydrogen-bond donors (Lipinski definition) is 0. The van der Waals surface area contributed by atoms with E-state index in [2.05, 4.69) is 0 Å². The van der Waals surface area contributed by atoms with Crippen molar-refractivity contribution in [2.24, 2.45) is 0 Å². The van der Waals surface area contributed by atoms with Crippen LogP contribution in [0.1, 0.15) is 40.5 Å². The minimum Gasteiger partial charge on any atom is -0.497 e. The fourth-order valence-electron chi connectivity index (χ4n) is 1.92. The highest BCUT2D eigenvalue weighted by atomic mass is 16.5. The van der Waals surface area contributed by atoms with Gasteiger partial charge in [0.05, 0.1) is 18.2 Å². The van der Waals surface area contributed by atoms with E-state index in [1.165, 1.54) is 12.0 Å². The van der Waals surface area contributed by atoms with Gasteiger partial charge in [-0.3, -0.25) is 14.5 Å². The first-order valence-electron chi connectivity index (χ1n) is 5.73. The van der Waals surface area contributed by atoms with Gasteiger partial charge in [0.15, 0.2) is 0 Å². The second kappa shape index (κ2) is 4.57. The molecule has 0 bridgehead atoms. The van der Waals surface area contributed by atoms with E-state index in [9.17, 15) is 9.59 Å². The zero-order chi connectivity index (χ0) is 12.4. The van der Waals surface area contributed by atoms with Gasteiger partial charge < -0.3 is 4.74 Å². The Kier molecular flexibility index (Phi) is 3.13. The lowest BCUT2D eigenvalue weighted by Gasteiger charge is -2.12. The van der Waals surface area contributed by atoms with Crippen molar-refractivity contribution in [1.82, 2.24) is 4.90 Å². The van der Waals surface area contributed by atoms with Gasteiger partial charge in [-0.1, -0.05) is 13.3 Å². The van der Waals surface area contributed by atoms with Crippen LogP contribution in [0.15, 0.2) is 18.2 Å². The van der Waals surface area contributed by atoms with Crippen molar-refractivity contribution < 1.29 is 14.3 Å². The Morgan fingerprint density at radius 3 is 2.53 bits per heavy atom. The number of methoxy groups -OCH3 is 1. The van der Waals surface area contributed by atoms with Gasteiger partial charge in [0, 0.05) is 6.54 Å². The number of amides is 2. The number of ether oxygens (including phenoxy) is 1. The standard InChI is InChI=1S/C13H15NO3/c1-3-4-7-14-12(15)10-6-5-9(17-2)8-11(10)13(14)16/h5-6,8H,3-4,7H2,1-2H3. The van der Waals surface area contributed by atoms with Crippen LogP contribution in [0.4, 0.5) is 0 Å². The second-order valence-electron chi connectivity index (χ2n) is 4.03. The zero-order valence-corrected chi connectivity index (χ0v) is 10.0. The van der Waals surface area contributed by atoms with Crippen molar-refractivity contribution in [2.45, 2.75) is 19.8 Å². The maximum atomic E-state index is 12.0. The van der Waals surface area contributed by atoms with Gasteiger partial charge in [-0.25, -0.2) is 0 Å². The van der Waals surface area contributed by atoms with Gasteiger partial charge in [-0.05, 0) is 24.6 Å². The summed E-state index contributed by atoms with van der Waals surface area (Å²) in [4.78, 5) is 25.3. The molecule has 4 heteroatoms. The molecule has 0 fully saturated rings. The van der Waals surface area contributed by atoms with Crippen LogP contribution >= 0.6 is 0 Å². The normalized spacial score (nSPS) is 14.1. The van der Waals surface area contributed by atoms with Gasteiger partial charge in [-0.2, -0.15) is 0 Å². The average molecular weight is 233 g/mol. The molecule has 2 rings (SSSR count). The molecule has 0 atom stereocenters. The molecule has 4 nitrogen and oxygen atoms in total. The van der Waals surface area contributed by atoms with E-state index in [4.69, 9.17) is 4.74 Å². The summed E-state index contributed by atoms with van der Waals surface area (Å²) in [7, 11) is 1.54. The zero-order valence-electron chi connectivity index (χ0n) is 10.0. The quantitative estimate of drug-likeness (QED) is 0.748. The van der Waals surface area contributed by atoms with Gasteiger partial charge in [-0.15, -0.1) is 0 Å². The second-order valence-corrected chi connectivity index (χ2v) is 4.03. The van der Waals surface area contributed by atoms with Crippen LogP contribution < -0.4 is 4.74 Å². The van der Waals surface area contributed by atoms with Crippen LogP contribution in [0.3, 0.4) is 0 Å². The van der Waals surface area contributed by atoms with Crippen LogP contribution in [0.25, 0.3) is 0 Å². The molecule has 0 aromatic heterocycles. The summed E-state index contributed by atoms with van der Waals surface area (Å²) in [6.45, 7) is 2.52. The van der Waals surface area contributed by atoms with Crippen LogP contribution in [-0.4, -0.2) is 30.4 Å². The molecule has 0 saturated heterocycles. The SMILES string of the molecule is CCCCN1C(=O)c2ccc(OC)cc2C1=O. The van der Waals surface area contributed by atoms with Crippen LogP contribution in [0.5, 0.6) is 5.75 Å². The predicted octanol–water partition coefficient (Wildman–Crippen LogP) is 2.09. The number of hydrogen-bond acceptors (Lipinski definition) is 3. The average Bonchev–Trinajstić information content (AvgIpc) is 2.59. The Bertz CT molecular complexity index is 468. The van der Waals surface area contributed by atoms with E-state index >= 15 is 0 Å². The lowest BCUT2D eigenvalue weighted by molar-refractivity contribution is 0.0652. The summed E-state index contributed by atoms with van der Waals surface area (Å²) in [5.41, 5.74) is 0.928. The summed E-state index contributed by atoms with van der Waals surface area (Å²) in [6.07, 6.45) is 1.79. The lowest BCUT2D eigenvalue weighted by atomic mass is 10.1. The molecule has 2 amide bonds. The largest absolute Gasteiger partial charge is 0.497 e. The molecule has 1 heterocycles. The molecule has 1 aliphatic heterocycles. The minimum atomic E-state index is -0.211. The Hall–Kier alpha value is -1.84. The Morgan fingerprint density at radius 1 is 1.18 bits per heavy atom. The number of benzene rings is 1. The third kappa shape index (κ3) is 1.90. The molecule has 0 spiro atoms. The molecule has 0 unspecified atom stereocenters. The molecule has 0 radical (unpaired) electrons. The molecular weight excluding hydrogens is 218 g/mol. The van der Waals surface area contributed by atoms with Crippen LogP contribution in [0.2, 0.25) is 0 Å². The summed E-state index contributed by atoms with van der Waals surface area (Å²) < 4.78 is 5.06. The van der Waals surface area contributed by atoms with E-state index in [1.807, 2.05) is 6.92 Å². The van der Waals surface area contributed by atoms with Crippen molar-refractivity contribution in [1.29, 1.82) is 0 Å². The number of fused-ring (bicyclic) bond motifs is 1. The van der Waals surface area contributed by atoms with Crippen molar-refractivity contribution in [2.75, 3.05) is 13.7 Å². The maximum Gasteiger partial charge on any atom is 0.261 e. The summed E-state index contributed by atoms with van der Waals surface area (Å²) >= 11 is 0. The smallest absolute Gasteiger partial charge is 0.261 e. The first-order valence-corrected chi connectivity index (χ1v) is 5.73. The maximum absolute atomic E-state index is 12.0. The molecule has 1 aromatic carbocycles. The molecule has 90 valence electrons. The number of rotatable bonds is 4. The van der Waals surface area contributed by atoms with Crippen molar-refractivity contribution in [3.8, 4) is 5.75 Å². The van der Waals surface area contributed by atoms with Crippen molar-refractivity contribution in [3.05, 3.63) is 29.3 Å². The summed E-state index contributed by atoms with van der Waals surface area (Å²) in [5, 5.41) is 0. The van der Waals surface area contributed by atoms with Gasteiger partial charge in [0.1, 0.15) is 5.75 Å². The topological polar surface area (TPSA) is 46.6 Å². The van der Waals surface area contributed by atoms with Crippen LogP contribution in [0, 0.1) is 0 Å². The highest BCUT2D eigenvalue weighted by Gasteiger charge is 2.35. The highest BCUT2D eigenvalue weighted by Crippen LogP contribution is 2.26. The molecule has 0 saturated carbocycles. The molecule has 0 N–H and O–H groups in total. The van der Waals surface area contributed by atoms with E-state index in [0.29, 0.717) is 23.4 Å². The van der Waals surface area contributed by atoms with Crippen LogP contribution in [-0.2, 0) is 0 Å². The molecular formula is C13H15NO3. The Labute approximate surface area is 100 Å². The number of imide groups is 1. The van der Waals surface area contributed by atoms with Crippen molar-refractivity contribution in [3.63, 3.8) is 0 Å². The van der Waals surface area contributed by atoms with Gasteiger partial charge >= 0.3 is 0 Å². The summed E-state index contributed by atoms with van der Waals surface area (Å²) in [5.74, 6) is 0.195. The molecule has 1 aromatic rings. The molecule has 17 heavy (non-hydrogen) atoms. The molecule has 1 aliphatic rings. The Morgan fingerprint density at radius 2 is 1.88 bits per heavy atom. The van der Waals surface area contributed by atoms with E-state index in [-0.39, 0.29) is 11.8 Å². The fraction of sp³-hybridized carbons (Fsp3) is 0.385. The first-order chi connectivity index (χ1) is 8.19. The fourth-order valence-corrected chi connectivity index (χ4v) is 1.92. The van der Waals surface area contributed by atoms with Gasteiger partial charge in [0.25, 0.3) is 11.8 Å². The third-order valence-corrected chi connectivity index (χ3v) is 2.91. The van der Waals surface area contributed by atoms with E-state index < -0.39 is 0 Å². The van der Waals surface area contributed by atoms with E-state index in [0.717, 1.165) is 12.8 Å². The minimum absolute atomic E-state index is 0.193. The lowest BCUT2D eigenvalue weighted by Crippen LogP contribution is -2.30. The Balaban J connectivity index is 2.32. The highest BCUT2D eigenvalue weighted by molar-refractivity contribution is 6.21. The number of carbonyl (C=O) groups is 2. The first kappa shape index (κ1) is 11.6. The van der Waals surface area contributed by atoms with Crippen molar-refractivity contribution >= 4 is 11.8 Å². The summed E-state index contributed by atoms with van der Waals surface area (Å²) in [6, 6.07) is 4.98. The molecule has 0 aliphatic carbocycles. The van der Waals surface area contributed by atoms with Gasteiger partial charge in [0.2, 0.25) is 0 Å². The monoisotopic (exact) mass is 233 g/mol. The number of carbonyl (C=O) groups excluding carboxylic acids is 2. The van der Waals surface area contributed by atoms with E-state index in [1.54, 1.807) is 18.2 Å². The third-order valence-electron chi connectivity index (χ3n) is 2.91.